The first-order chi connectivity index (χ1) is 12.8. The van der Waals surface area contributed by atoms with E-state index in [2.05, 4.69) is 4.98 Å². The molecule has 8 heteroatoms. The fourth-order valence-electron chi connectivity index (χ4n) is 3.14. The number of ether oxygens (including phenoxy) is 1. The summed E-state index contributed by atoms with van der Waals surface area (Å²) in [5, 5.41) is 0. The van der Waals surface area contributed by atoms with Crippen molar-refractivity contribution in [2.24, 2.45) is 0 Å². The third-order valence-electron chi connectivity index (χ3n) is 4.57. The highest BCUT2D eigenvalue weighted by Crippen LogP contribution is 2.32. The number of nitrogens with zero attached hydrogens (tertiary/aromatic N) is 2. The summed E-state index contributed by atoms with van der Waals surface area (Å²) in [4.78, 5) is 29.5. The van der Waals surface area contributed by atoms with E-state index in [1.807, 2.05) is 0 Å². The normalized spacial score (nSPS) is 14.9. The quantitative estimate of drug-likeness (QED) is 0.762. The van der Waals surface area contributed by atoms with Gasteiger partial charge in [0.1, 0.15) is 11.7 Å². The molecule has 0 saturated carbocycles. The third kappa shape index (κ3) is 3.51. The Labute approximate surface area is 153 Å². The second-order valence-electron chi connectivity index (χ2n) is 6.18. The first-order valence-corrected chi connectivity index (χ1v) is 8.31. The van der Waals surface area contributed by atoms with Crippen LogP contribution >= 0.6 is 0 Å². The molecule has 0 N–H and O–H groups in total. The molecule has 2 aromatic rings. The van der Waals surface area contributed by atoms with Crippen LogP contribution in [0.5, 0.6) is 0 Å². The molecule has 0 spiro atoms. The van der Waals surface area contributed by atoms with Gasteiger partial charge in [0, 0.05) is 23.9 Å². The number of esters is 1. The van der Waals surface area contributed by atoms with Gasteiger partial charge in [-0.25, -0.2) is 4.79 Å². The number of rotatable bonds is 4. The number of aromatic nitrogens is 1. The van der Waals surface area contributed by atoms with Crippen LogP contribution in [0.2, 0.25) is 0 Å². The van der Waals surface area contributed by atoms with Gasteiger partial charge in [0.2, 0.25) is 0 Å². The van der Waals surface area contributed by atoms with E-state index >= 15 is 0 Å². The lowest BCUT2D eigenvalue weighted by Gasteiger charge is -2.24. The van der Waals surface area contributed by atoms with Crippen LogP contribution in [0.4, 0.5) is 13.2 Å². The molecule has 1 unspecified atom stereocenters. The van der Waals surface area contributed by atoms with E-state index in [-0.39, 0.29) is 12.5 Å². The van der Waals surface area contributed by atoms with E-state index < -0.39 is 23.9 Å². The smallest absolute Gasteiger partial charge is 0.433 e. The van der Waals surface area contributed by atoms with Crippen molar-refractivity contribution in [1.29, 1.82) is 0 Å². The molecule has 142 valence electrons. The van der Waals surface area contributed by atoms with E-state index in [9.17, 15) is 22.8 Å². The van der Waals surface area contributed by atoms with Gasteiger partial charge in [0.25, 0.3) is 5.91 Å². The van der Waals surface area contributed by atoms with Crippen LogP contribution in [0.15, 0.2) is 36.5 Å². The highest BCUT2D eigenvalue weighted by atomic mass is 19.4. The zero-order valence-electron chi connectivity index (χ0n) is 14.7. The summed E-state index contributed by atoms with van der Waals surface area (Å²) in [6.07, 6.45) is -2.96. The lowest BCUT2D eigenvalue weighted by molar-refractivity contribution is -0.146. The number of halogens is 3. The average molecular weight is 378 g/mol. The Kier molecular flexibility index (Phi) is 4.91. The van der Waals surface area contributed by atoms with Crippen molar-refractivity contribution in [3.63, 3.8) is 0 Å². The second-order valence-corrected chi connectivity index (χ2v) is 6.18. The number of carbonyl (C=O) groups excluding carboxylic acids is 2. The van der Waals surface area contributed by atoms with Gasteiger partial charge in [-0.2, -0.15) is 13.2 Å². The summed E-state index contributed by atoms with van der Waals surface area (Å²) in [6, 6.07) is 6.62. The number of hydrogen-bond acceptors (Lipinski definition) is 4. The molecule has 1 aromatic carbocycles. The number of fused-ring (bicyclic) bond motifs is 1. The molecule has 1 aliphatic heterocycles. The third-order valence-corrected chi connectivity index (χ3v) is 4.57. The van der Waals surface area contributed by atoms with E-state index in [1.54, 1.807) is 25.1 Å². The van der Waals surface area contributed by atoms with Crippen LogP contribution in [0.1, 0.15) is 35.0 Å². The number of amides is 1. The van der Waals surface area contributed by atoms with Gasteiger partial charge < -0.3 is 9.64 Å². The van der Waals surface area contributed by atoms with Gasteiger partial charge in [-0.05, 0) is 29.7 Å². The first-order valence-electron chi connectivity index (χ1n) is 8.31. The maximum Gasteiger partial charge on any atom is 0.433 e. The first kappa shape index (κ1) is 18.9. The van der Waals surface area contributed by atoms with Gasteiger partial charge in [0.05, 0.1) is 7.11 Å². The minimum atomic E-state index is -4.50. The molecule has 0 aliphatic carbocycles. The molecule has 1 amide bonds. The van der Waals surface area contributed by atoms with Crippen LogP contribution in [0.25, 0.3) is 11.1 Å². The Morgan fingerprint density at radius 3 is 2.52 bits per heavy atom. The maximum absolute atomic E-state index is 12.7. The minimum absolute atomic E-state index is 0.285. The predicted molar refractivity (Wildman–Crippen MR) is 90.6 cm³/mol. The lowest BCUT2D eigenvalue weighted by atomic mass is 10.0. The van der Waals surface area contributed by atoms with E-state index in [0.717, 1.165) is 17.8 Å². The molecule has 27 heavy (non-hydrogen) atoms. The molecule has 1 atom stereocenters. The van der Waals surface area contributed by atoms with Crippen LogP contribution in [0.3, 0.4) is 0 Å². The number of carbonyl (C=O) groups is 2. The molecule has 0 bridgehead atoms. The Morgan fingerprint density at radius 1 is 1.26 bits per heavy atom. The summed E-state index contributed by atoms with van der Waals surface area (Å²) in [7, 11) is 1.27. The SMILES string of the molecule is CCC(C(=O)OC)N1Cc2ccc(-c3ccc(C(F)(F)F)nc3)cc2C1=O. The van der Waals surface area contributed by atoms with E-state index in [4.69, 9.17) is 4.74 Å². The molecule has 0 fully saturated rings. The summed E-state index contributed by atoms with van der Waals surface area (Å²) in [5.41, 5.74) is 1.26. The van der Waals surface area contributed by atoms with Crippen LogP contribution in [-0.2, 0) is 22.3 Å². The van der Waals surface area contributed by atoms with Crippen molar-refractivity contribution < 1.29 is 27.5 Å². The molecular weight excluding hydrogens is 361 g/mol. The van der Waals surface area contributed by atoms with E-state index in [1.165, 1.54) is 18.1 Å². The molecule has 1 aliphatic rings. The zero-order valence-corrected chi connectivity index (χ0v) is 14.7. The predicted octanol–water partition coefficient (Wildman–Crippen LogP) is 3.67. The van der Waals surface area contributed by atoms with Gasteiger partial charge in [-0.15, -0.1) is 0 Å². The van der Waals surface area contributed by atoms with Crippen molar-refractivity contribution in [3.8, 4) is 11.1 Å². The molecule has 3 rings (SSSR count). The van der Waals surface area contributed by atoms with Gasteiger partial charge in [-0.3, -0.25) is 9.78 Å². The fraction of sp³-hybridized carbons (Fsp3) is 0.316. The maximum atomic E-state index is 12.7. The van der Waals surface area contributed by atoms with Crippen molar-refractivity contribution in [2.75, 3.05) is 7.11 Å². The number of benzene rings is 1. The number of alkyl halides is 3. The topological polar surface area (TPSA) is 59.5 Å². The standard InChI is InChI=1S/C19H17F3N2O3/c1-3-15(18(26)27-2)24-10-13-5-4-11(8-14(13)17(24)25)12-6-7-16(23-9-12)19(20,21)22/h4-9,15H,3,10H2,1-2H3. The number of methoxy groups -OCH3 is 1. The molecule has 1 aromatic heterocycles. The van der Waals surface area contributed by atoms with Gasteiger partial charge in [0.15, 0.2) is 0 Å². The molecule has 5 nitrogen and oxygen atoms in total. The fourth-order valence-corrected chi connectivity index (χ4v) is 3.14. The van der Waals surface area contributed by atoms with Gasteiger partial charge in [-0.1, -0.05) is 25.1 Å². The Hall–Kier alpha value is -2.90. The largest absolute Gasteiger partial charge is 0.467 e. The molecular formula is C19H17F3N2O3. The minimum Gasteiger partial charge on any atom is -0.467 e. The molecule has 0 radical (unpaired) electrons. The summed E-state index contributed by atoms with van der Waals surface area (Å²) >= 11 is 0. The summed E-state index contributed by atoms with van der Waals surface area (Å²) in [5.74, 6) is -0.783. The van der Waals surface area contributed by atoms with Gasteiger partial charge >= 0.3 is 12.1 Å². The van der Waals surface area contributed by atoms with Crippen LogP contribution < -0.4 is 0 Å². The second kappa shape index (κ2) is 7.02. The van der Waals surface area contributed by atoms with Crippen LogP contribution in [0, 0.1) is 0 Å². The Balaban J connectivity index is 1.89. The molecule has 2 heterocycles. The average Bonchev–Trinajstić information content (AvgIpc) is 2.97. The Bertz CT molecular complexity index is 879. The number of pyridine rings is 1. The molecule has 0 saturated heterocycles. The summed E-state index contributed by atoms with van der Waals surface area (Å²) < 4.78 is 42.7. The van der Waals surface area contributed by atoms with Crippen LogP contribution in [-0.4, -0.2) is 34.9 Å². The van der Waals surface area contributed by atoms with Crippen molar-refractivity contribution in [3.05, 3.63) is 53.3 Å². The monoisotopic (exact) mass is 378 g/mol. The highest BCUT2D eigenvalue weighted by Gasteiger charge is 2.36. The highest BCUT2D eigenvalue weighted by molar-refractivity contribution is 6.01. The Morgan fingerprint density at radius 2 is 1.96 bits per heavy atom. The summed E-state index contributed by atoms with van der Waals surface area (Å²) in [6.45, 7) is 2.07. The van der Waals surface area contributed by atoms with Crippen molar-refractivity contribution in [2.45, 2.75) is 32.1 Å². The van der Waals surface area contributed by atoms with Crippen molar-refractivity contribution in [1.82, 2.24) is 9.88 Å². The number of hydrogen-bond donors (Lipinski definition) is 0. The lowest BCUT2D eigenvalue weighted by Crippen LogP contribution is -2.41. The van der Waals surface area contributed by atoms with E-state index in [0.29, 0.717) is 23.1 Å². The zero-order chi connectivity index (χ0) is 19.8. The van der Waals surface area contributed by atoms with Crippen molar-refractivity contribution >= 4 is 11.9 Å².